The monoisotopic (exact) mass is 141 g/mol. The Bertz CT molecular complexity index is 147. The minimum atomic E-state index is 0.534. The molecular formula is C7H11NS. The number of nitrogens with zero attached hydrogens (tertiary/aromatic N) is 1. The van der Waals surface area contributed by atoms with Gasteiger partial charge in [0.25, 0.3) is 0 Å². The molecule has 1 nitrogen and oxygen atoms in total. The van der Waals surface area contributed by atoms with Gasteiger partial charge in [-0.05, 0) is 12.5 Å². The van der Waals surface area contributed by atoms with E-state index >= 15 is 0 Å². The molecule has 0 aliphatic rings. The van der Waals surface area contributed by atoms with Crippen LogP contribution in [-0.4, -0.2) is 5.71 Å². The number of hydrogen-bond acceptors (Lipinski definition) is 2. The smallest absolute Gasteiger partial charge is 0.0860 e. The predicted molar refractivity (Wildman–Crippen MR) is 46.0 cm³/mol. The van der Waals surface area contributed by atoms with E-state index < -0.39 is 0 Å². The average molecular weight is 141 g/mol. The molecule has 0 fully saturated rings. The molecule has 0 bridgehead atoms. The summed E-state index contributed by atoms with van der Waals surface area (Å²) < 4.78 is 0. The van der Waals surface area contributed by atoms with Crippen molar-refractivity contribution in [1.29, 1.82) is 0 Å². The maximum Gasteiger partial charge on any atom is 0.0860 e. The van der Waals surface area contributed by atoms with Crippen LogP contribution in [-0.2, 0) is 0 Å². The zero-order valence-corrected chi connectivity index (χ0v) is 6.49. The molecule has 0 N–H and O–H groups in total. The topological polar surface area (TPSA) is 12.4 Å². The molecule has 0 aliphatic heterocycles. The fraction of sp³-hybridized carbons (Fsp3) is 0.286. The molecule has 0 saturated heterocycles. The van der Waals surface area contributed by atoms with E-state index in [9.17, 15) is 0 Å². The molecule has 0 spiro atoms. The van der Waals surface area contributed by atoms with Gasteiger partial charge in [-0.3, -0.25) is 0 Å². The molecule has 0 aliphatic carbocycles. The van der Waals surface area contributed by atoms with Gasteiger partial charge in [-0.15, -0.1) is 12.6 Å². The molecule has 0 aromatic carbocycles. The van der Waals surface area contributed by atoms with Crippen molar-refractivity contribution < 1.29 is 0 Å². The Labute approximate surface area is 61.6 Å². The minimum Gasteiger partial charge on any atom is -0.247 e. The Hall–Kier alpha value is -0.500. The summed E-state index contributed by atoms with van der Waals surface area (Å²) in [6, 6.07) is 0. The quantitative estimate of drug-likeness (QED) is 0.458. The van der Waals surface area contributed by atoms with Gasteiger partial charge >= 0.3 is 0 Å². The summed E-state index contributed by atoms with van der Waals surface area (Å²) in [4.78, 5) is 3.98. The van der Waals surface area contributed by atoms with Crippen molar-refractivity contribution in [2.75, 3.05) is 0 Å². The van der Waals surface area contributed by atoms with Crippen LogP contribution in [0, 0.1) is 0 Å². The summed E-state index contributed by atoms with van der Waals surface area (Å²) in [5, 5.41) is 0.534. The van der Waals surface area contributed by atoms with Crippen LogP contribution in [0.2, 0.25) is 0 Å². The van der Waals surface area contributed by atoms with Crippen LogP contribution in [0.5, 0.6) is 0 Å². The van der Waals surface area contributed by atoms with Crippen LogP contribution in [0.1, 0.15) is 13.3 Å². The van der Waals surface area contributed by atoms with Gasteiger partial charge in [0.2, 0.25) is 0 Å². The summed E-state index contributed by atoms with van der Waals surface area (Å²) >= 11 is 3.92. The second-order valence-electron chi connectivity index (χ2n) is 1.58. The molecular weight excluding hydrogens is 130 g/mol. The molecule has 0 amide bonds. The van der Waals surface area contributed by atoms with E-state index in [1.165, 1.54) is 0 Å². The molecule has 0 unspecified atom stereocenters. The van der Waals surface area contributed by atoms with Gasteiger partial charge in [-0.1, -0.05) is 20.1 Å². The van der Waals surface area contributed by atoms with Crippen molar-refractivity contribution in [3.63, 3.8) is 0 Å². The van der Waals surface area contributed by atoms with Crippen molar-refractivity contribution >= 4 is 18.3 Å². The molecule has 0 heterocycles. The fourth-order valence-corrected chi connectivity index (χ4v) is 0.563. The predicted octanol–water partition coefficient (Wildman–Crippen LogP) is 2.42. The average Bonchev–Trinajstić information content (AvgIpc) is 1.82. The number of aliphatic imine (C=N–C) groups is 1. The highest BCUT2D eigenvalue weighted by Crippen LogP contribution is 1.99. The molecule has 2 heteroatoms. The highest BCUT2D eigenvalue weighted by atomic mass is 32.1. The maximum absolute atomic E-state index is 3.98. The Balaban J connectivity index is 4.07. The van der Waals surface area contributed by atoms with Gasteiger partial charge in [-0.2, -0.15) is 0 Å². The number of rotatable bonds is 3. The lowest BCUT2D eigenvalue weighted by Crippen LogP contribution is -1.87. The first-order valence-electron chi connectivity index (χ1n) is 2.78. The lowest BCUT2D eigenvalue weighted by Gasteiger charge is -1.92. The third-order valence-corrected chi connectivity index (χ3v) is 0.971. The van der Waals surface area contributed by atoms with Gasteiger partial charge < -0.3 is 0 Å². The van der Waals surface area contributed by atoms with Crippen molar-refractivity contribution in [1.82, 2.24) is 0 Å². The van der Waals surface area contributed by atoms with Gasteiger partial charge in [0.05, 0.1) is 5.03 Å². The van der Waals surface area contributed by atoms with Gasteiger partial charge in [0.1, 0.15) is 0 Å². The zero-order chi connectivity index (χ0) is 7.28. The molecule has 0 saturated carbocycles. The van der Waals surface area contributed by atoms with E-state index in [0.717, 1.165) is 12.1 Å². The highest BCUT2D eigenvalue weighted by molar-refractivity contribution is 7.84. The SMILES string of the molecule is C=C/C(CC)=N/C(=C)S. The number of thiol groups is 1. The second-order valence-corrected chi connectivity index (χ2v) is 2.09. The molecule has 0 atom stereocenters. The van der Waals surface area contributed by atoms with E-state index in [0.29, 0.717) is 5.03 Å². The van der Waals surface area contributed by atoms with Crippen molar-refractivity contribution in [3.8, 4) is 0 Å². The molecule has 9 heavy (non-hydrogen) atoms. The highest BCUT2D eigenvalue weighted by Gasteiger charge is 1.86. The molecule has 0 aromatic heterocycles. The second kappa shape index (κ2) is 4.39. The first-order valence-corrected chi connectivity index (χ1v) is 3.23. The van der Waals surface area contributed by atoms with Gasteiger partial charge in [0, 0.05) is 5.71 Å². The number of hydrogen-bond donors (Lipinski definition) is 1. The Morgan fingerprint density at radius 1 is 1.78 bits per heavy atom. The first-order chi connectivity index (χ1) is 4.20. The van der Waals surface area contributed by atoms with E-state index in [1.807, 2.05) is 6.92 Å². The molecule has 50 valence electrons. The summed E-state index contributed by atoms with van der Waals surface area (Å²) in [5.41, 5.74) is 0.926. The molecule has 0 rings (SSSR count). The van der Waals surface area contributed by atoms with Crippen LogP contribution in [0.15, 0.2) is 29.3 Å². The lowest BCUT2D eigenvalue weighted by molar-refractivity contribution is 1.28. The fourth-order valence-electron chi connectivity index (χ4n) is 0.435. The number of allylic oxidation sites excluding steroid dienone is 1. The zero-order valence-electron chi connectivity index (χ0n) is 5.59. The largest absolute Gasteiger partial charge is 0.247 e. The summed E-state index contributed by atoms with van der Waals surface area (Å²) in [7, 11) is 0. The van der Waals surface area contributed by atoms with Crippen molar-refractivity contribution in [3.05, 3.63) is 24.3 Å². The van der Waals surface area contributed by atoms with Crippen LogP contribution >= 0.6 is 12.6 Å². The third-order valence-electron chi connectivity index (χ3n) is 0.871. The Kier molecular flexibility index (Phi) is 4.14. The van der Waals surface area contributed by atoms with Crippen LogP contribution < -0.4 is 0 Å². The minimum absolute atomic E-state index is 0.534. The Morgan fingerprint density at radius 2 is 2.33 bits per heavy atom. The van der Waals surface area contributed by atoms with Crippen molar-refractivity contribution in [2.24, 2.45) is 4.99 Å². The normalized spacial score (nSPS) is 11.1. The molecule has 0 radical (unpaired) electrons. The van der Waals surface area contributed by atoms with Gasteiger partial charge in [-0.25, -0.2) is 4.99 Å². The van der Waals surface area contributed by atoms with E-state index in [-0.39, 0.29) is 0 Å². The van der Waals surface area contributed by atoms with Crippen LogP contribution in [0.4, 0.5) is 0 Å². The van der Waals surface area contributed by atoms with E-state index in [2.05, 4.69) is 30.8 Å². The Morgan fingerprint density at radius 3 is 2.44 bits per heavy atom. The lowest BCUT2D eigenvalue weighted by atomic mass is 10.3. The van der Waals surface area contributed by atoms with Gasteiger partial charge in [0.15, 0.2) is 0 Å². The third kappa shape index (κ3) is 4.03. The van der Waals surface area contributed by atoms with Crippen LogP contribution in [0.25, 0.3) is 0 Å². The standard InChI is InChI=1S/C7H11NS/c1-4-7(5-2)8-6(3)9/h4,9H,1,3,5H2,2H3/b8-7-. The summed E-state index contributed by atoms with van der Waals surface area (Å²) in [6.45, 7) is 9.11. The molecule has 0 aromatic rings. The maximum atomic E-state index is 3.98. The van der Waals surface area contributed by atoms with Crippen LogP contribution in [0.3, 0.4) is 0 Å². The summed E-state index contributed by atoms with van der Waals surface area (Å²) in [5.74, 6) is 0. The summed E-state index contributed by atoms with van der Waals surface area (Å²) in [6.07, 6.45) is 2.59. The van der Waals surface area contributed by atoms with Crippen molar-refractivity contribution in [2.45, 2.75) is 13.3 Å². The van der Waals surface area contributed by atoms with E-state index in [1.54, 1.807) is 6.08 Å². The van der Waals surface area contributed by atoms with E-state index in [4.69, 9.17) is 0 Å². The first kappa shape index (κ1) is 8.50.